The summed E-state index contributed by atoms with van der Waals surface area (Å²) in [4.78, 5) is 30.6. The standard InChI is InChI=1S/C21H35N3O2.C2H6/c25-20-7-3-8-21(26)24(20)12-4-11-22-13-15-23(16-14-22)19-6-2-1-5-18(19)17-9-10-17;1-2/h17-19H,1-16H2;1-2H3. The van der Waals surface area contributed by atoms with Crippen molar-refractivity contribution in [3.8, 4) is 0 Å². The van der Waals surface area contributed by atoms with Gasteiger partial charge in [-0.1, -0.05) is 26.7 Å². The zero-order valence-corrected chi connectivity index (χ0v) is 18.2. The molecule has 2 atom stereocenters. The van der Waals surface area contributed by atoms with Gasteiger partial charge in [-0.15, -0.1) is 0 Å². The van der Waals surface area contributed by atoms with Gasteiger partial charge >= 0.3 is 0 Å². The van der Waals surface area contributed by atoms with E-state index in [2.05, 4.69) is 9.80 Å². The third kappa shape index (κ3) is 5.56. The number of amides is 2. The molecular weight excluding hydrogens is 350 g/mol. The third-order valence-electron chi connectivity index (χ3n) is 7.12. The summed E-state index contributed by atoms with van der Waals surface area (Å²) in [6.07, 6.45) is 11.5. The molecule has 0 aromatic carbocycles. The molecule has 0 radical (unpaired) electrons. The highest BCUT2D eigenvalue weighted by Crippen LogP contribution is 2.45. The van der Waals surface area contributed by atoms with E-state index in [0.717, 1.165) is 50.4 Å². The molecule has 0 aromatic rings. The average Bonchev–Trinajstić information content (AvgIpc) is 3.58. The van der Waals surface area contributed by atoms with Crippen LogP contribution < -0.4 is 0 Å². The Kier molecular flexibility index (Phi) is 8.34. The summed E-state index contributed by atoms with van der Waals surface area (Å²) in [6, 6.07) is 0.849. The molecule has 4 aliphatic rings. The SMILES string of the molecule is CC.O=C1CCCC(=O)N1CCCN1CCN(C2CCCCC2C2CC2)CC1. The highest BCUT2D eigenvalue weighted by molar-refractivity contribution is 5.97. The fraction of sp³-hybridized carbons (Fsp3) is 0.913. The lowest BCUT2D eigenvalue weighted by Crippen LogP contribution is -2.53. The first-order valence-corrected chi connectivity index (χ1v) is 12.0. The van der Waals surface area contributed by atoms with Crippen molar-refractivity contribution < 1.29 is 9.59 Å². The lowest BCUT2D eigenvalue weighted by Gasteiger charge is -2.44. The molecule has 2 amide bonds. The first kappa shape index (κ1) is 21.8. The Labute approximate surface area is 171 Å². The molecule has 4 fully saturated rings. The topological polar surface area (TPSA) is 43.9 Å². The third-order valence-corrected chi connectivity index (χ3v) is 7.12. The molecule has 2 heterocycles. The molecule has 2 unspecified atom stereocenters. The molecule has 5 heteroatoms. The fourth-order valence-electron chi connectivity index (χ4n) is 5.49. The lowest BCUT2D eigenvalue weighted by molar-refractivity contribution is -0.148. The summed E-state index contributed by atoms with van der Waals surface area (Å²) in [5, 5.41) is 0. The Bertz CT molecular complexity index is 496. The number of piperazine rings is 1. The molecule has 0 bridgehead atoms. The zero-order valence-electron chi connectivity index (χ0n) is 18.2. The fourth-order valence-corrected chi connectivity index (χ4v) is 5.49. The smallest absolute Gasteiger partial charge is 0.229 e. The number of rotatable bonds is 6. The monoisotopic (exact) mass is 391 g/mol. The van der Waals surface area contributed by atoms with Gasteiger partial charge in [0.25, 0.3) is 0 Å². The van der Waals surface area contributed by atoms with Crippen LogP contribution >= 0.6 is 0 Å². The molecular formula is C23H41N3O2. The highest BCUT2D eigenvalue weighted by atomic mass is 16.2. The van der Waals surface area contributed by atoms with Crippen LogP contribution in [-0.4, -0.2) is 71.8 Å². The van der Waals surface area contributed by atoms with Crippen LogP contribution in [0.25, 0.3) is 0 Å². The van der Waals surface area contributed by atoms with Gasteiger partial charge < -0.3 is 4.90 Å². The maximum Gasteiger partial charge on any atom is 0.229 e. The summed E-state index contributed by atoms with van der Waals surface area (Å²) in [5.74, 6) is 2.09. The molecule has 2 saturated heterocycles. The maximum atomic E-state index is 11.9. The van der Waals surface area contributed by atoms with Crippen molar-refractivity contribution in [3.05, 3.63) is 0 Å². The minimum absolute atomic E-state index is 0.0366. The first-order valence-electron chi connectivity index (χ1n) is 12.0. The van der Waals surface area contributed by atoms with Crippen LogP contribution in [-0.2, 0) is 9.59 Å². The van der Waals surface area contributed by atoms with E-state index in [1.807, 2.05) is 13.8 Å². The van der Waals surface area contributed by atoms with Crippen LogP contribution in [0.3, 0.4) is 0 Å². The summed E-state index contributed by atoms with van der Waals surface area (Å²) in [6.45, 7) is 10.3. The van der Waals surface area contributed by atoms with Crippen molar-refractivity contribution in [2.75, 3.05) is 39.3 Å². The number of nitrogens with zero attached hydrogens (tertiary/aromatic N) is 3. The van der Waals surface area contributed by atoms with Gasteiger partial charge in [-0.2, -0.15) is 0 Å². The van der Waals surface area contributed by atoms with E-state index in [1.54, 1.807) is 0 Å². The van der Waals surface area contributed by atoms with Gasteiger partial charge in [0.2, 0.25) is 11.8 Å². The number of hydrogen-bond acceptors (Lipinski definition) is 4. The molecule has 2 aliphatic carbocycles. The van der Waals surface area contributed by atoms with E-state index in [1.165, 1.54) is 56.5 Å². The predicted octanol–water partition coefficient (Wildman–Crippen LogP) is 3.53. The van der Waals surface area contributed by atoms with Crippen LogP contribution in [0, 0.1) is 11.8 Å². The predicted molar refractivity (Wildman–Crippen MR) is 113 cm³/mol. The van der Waals surface area contributed by atoms with Crippen LogP contribution in [0.5, 0.6) is 0 Å². The molecule has 0 N–H and O–H groups in total. The Hall–Kier alpha value is -0.940. The van der Waals surface area contributed by atoms with E-state index in [-0.39, 0.29) is 11.8 Å². The number of carbonyl (C=O) groups excluding carboxylic acids is 2. The van der Waals surface area contributed by atoms with Crippen molar-refractivity contribution in [1.29, 1.82) is 0 Å². The minimum atomic E-state index is 0.0366. The molecule has 0 aromatic heterocycles. The summed E-state index contributed by atoms with van der Waals surface area (Å²) < 4.78 is 0. The van der Waals surface area contributed by atoms with E-state index in [0.29, 0.717) is 19.4 Å². The molecule has 0 spiro atoms. The Balaban J connectivity index is 0.00000109. The number of piperidine rings is 1. The van der Waals surface area contributed by atoms with Crippen LogP contribution in [0.1, 0.15) is 78.1 Å². The van der Waals surface area contributed by atoms with Crippen LogP contribution in [0.4, 0.5) is 0 Å². The number of hydrogen-bond donors (Lipinski definition) is 0. The Morgan fingerprint density at radius 2 is 1.43 bits per heavy atom. The second kappa shape index (κ2) is 10.7. The summed E-state index contributed by atoms with van der Waals surface area (Å²) in [7, 11) is 0. The molecule has 160 valence electrons. The number of imide groups is 1. The van der Waals surface area contributed by atoms with Gasteiger partial charge in [-0.25, -0.2) is 0 Å². The maximum absolute atomic E-state index is 11.9. The van der Waals surface area contributed by atoms with E-state index >= 15 is 0 Å². The molecule has 4 rings (SSSR count). The van der Waals surface area contributed by atoms with Gasteiger partial charge in [-0.3, -0.25) is 19.4 Å². The first-order chi connectivity index (χ1) is 13.7. The second-order valence-corrected chi connectivity index (χ2v) is 8.88. The lowest BCUT2D eigenvalue weighted by atomic mass is 9.80. The number of carbonyl (C=O) groups is 2. The summed E-state index contributed by atoms with van der Waals surface area (Å²) >= 11 is 0. The van der Waals surface area contributed by atoms with E-state index in [4.69, 9.17) is 0 Å². The van der Waals surface area contributed by atoms with E-state index < -0.39 is 0 Å². The quantitative estimate of drug-likeness (QED) is 0.650. The highest BCUT2D eigenvalue weighted by Gasteiger charge is 2.40. The second-order valence-electron chi connectivity index (χ2n) is 8.88. The van der Waals surface area contributed by atoms with Crippen LogP contribution in [0.2, 0.25) is 0 Å². The molecule has 28 heavy (non-hydrogen) atoms. The molecule has 2 saturated carbocycles. The van der Waals surface area contributed by atoms with Crippen molar-refractivity contribution in [2.45, 2.75) is 84.1 Å². The minimum Gasteiger partial charge on any atom is -0.301 e. The van der Waals surface area contributed by atoms with Gasteiger partial charge in [0, 0.05) is 51.6 Å². The van der Waals surface area contributed by atoms with Crippen molar-refractivity contribution in [3.63, 3.8) is 0 Å². The zero-order chi connectivity index (χ0) is 19.9. The van der Waals surface area contributed by atoms with Gasteiger partial charge in [0.15, 0.2) is 0 Å². The summed E-state index contributed by atoms with van der Waals surface area (Å²) in [5.41, 5.74) is 0. The van der Waals surface area contributed by atoms with Crippen molar-refractivity contribution in [1.82, 2.24) is 14.7 Å². The van der Waals surface area contributed by atoms with E-state index in [9.17, 15) is 9.59 Å². The molecule has 5 nitrogen and oxygen atoms in total. The van der Waals surface area contributed by atoms with Gasteiger partial charge in [0.05, 0.1) is 0 Å². The molecule has 2 aliphatic heterocycles. The Morgan fingerprint density at radius 3 is 2.07 bits per heavy atom. The van der Waals surface area contributed by atoms with Crippen molar-refractivity contribution in [2.24, 2.45) is 11.8 Å². The normalized spacial score (nSPS) is 30.1. The Morgan fingerprint density at radius 1 is 0.786 bits per heavy atom. The van der Waals surface area contributed by atoms with Gasteiger partial charge in [0.1, 0.15) is 0 Å². The number of likely N-dealkylation sites (tertiary alicyclic amines) is 1. The largest absolute Gasteiger partial charge is 0.301 e. The van der Waals surface area contributed by atoms with Gasteiger partial charge in [-0.05, 0) is 56.9 Å². The average molecular weight is 392 g/mol. The van der Waals surface area contributed by atoms with Crippen molar-refractivity contribution >= 4 is 11.8 Å². The van der Waals surface area contributed by atoms with Crippen LogP contribution in [0.15, 0.2) is 0 Å².